The van der Waals surface area contributed by atoms with Gasteiger partial charge in [0.25, 0.3) is 0 Å². The number of hydrogen-bond acceptors (Lipinski definition) is 3. The van der Waals surface area contributed by atoms with Gasteiger partial charge in [-0.3, -0.25) is 0 Å². The maximum absolute atomic E-state index is 13.2. The highest BCUT2D eigenvalue weighted by Gasteiger charge is 2.32. The Morgan fingerprint density at radius 1 is 1.23 bits per heavy atom. The van der Waals surface area contributed by atoms with Gasteiger partial charge in [0, 0.05) is 23.9 Å². The Morgan fingerprint density at radius 2 is 1.77 bits per heavy atom. The average Bonchev–Trinajstić information content (AvgIpc) is 2.79. The summed E-state index contributed by atoms with van der Waals surface area (Å²) in [4.78, 5) is 1.22. The molecule has 1 heterocycles. The van der Waals surface area contributed by atoms with E-state index in [-0.39, 0.29) is 23.6 Å². The lowest BCUT2D eigenvalue weighted by molar-refractivity contribution is 0.414. The van der Waals surface area contributed by atoms with Crippen LogP contribution in [0.15, 0.2) is 24.3 Å². The van der Waals surface area contributed by atoms with Crippen molar-refractivity contribution < 1.29 is 4.39 Å². The minimum absolute atomic E-state index is 0. The third-order valence-corrected chi connectivity index (χ3v) is 6.16. The fraction of sp³-hybridized carbons (Fsp3) is 0.438. The van der Waals surface area contributed by atoms with Crippen molar-refractivity contribution in [3.8, 4) is 11.3 Å². The molecule has 0 atom stereocenters. The molecule has 6 heteroatoms. The van der Waals surface area contributed by atoms with E-state index in [2.05, 4.69) is 13.8 Å². The highest BCUT2D eigenvalue weighted by atomic mass is 35.5. The van der Waals surface area contributed by atoms with E-state index >= 15 is 0 Å². The van der Waals surface area contributed by atoms with Crippen LogP contribution in [0.4, 0.5) is 4.39 Å². The second-order valence-electron chi connectivity index (χ2n) is 5.30. The maximum atomic E-state index is 13.2. The van der Waals surface area contributed by atoms with Crippen molar-refractivity contribution in [1.29, 1.82) is 0 Å². The lowest BCUT2D eigenvalue weighted by atomic mass is 9.79. The van der Waals surface area contributed by atoms with Gasteiger partial charge < -0.3 is 10.3 Å². The molecule has 122 valence electrons. The van der Waals surface area contributed by atoms with E-state index in [1.54, 1.807) is 11.3 Å². The SMILES string of the molecule is CCC(CC)(CN)c1sc(=S)n(C)c1-c1ccc(F)cc1.Cl. The molecular weight excluding hydrogens is 339 g/mol. The molecule has 0 bridgehead atoms. The first-order valence-corrected chi connectivity index (χ1v) is 8.38. The van der Waals surface area contributed by atoms with Crippen LogP contribution in [-0.2, 0) is 12.5 Å². The van der Waals surface area contributed by atoms with Crippen molar-refractivity contribution >= 4 is 36.0 Å². The predicted molar refractivity (Wildman–Crippen MR) is 98.1 cm³/mol. The fourth-order valence-corrected chi connectivity index (χ4v) is 4.38. The molecule has 0 unspecified atom stereocenters. The molecular formula is C16H22ClFN2S2. The summed E-state index contributed by atoms with van der Waals surface area (Å²) in [6.45, 7) is 4.91. The molecule has 0 saturated carbocycles. The van der Waals surface area contributed by atoms with Gasteiger partial charge in [-0.15, -0.1) is 23.7 Å². The molecule has 0 saturated heterocycles. The van der Waals surface area contributed by atoms with Gasteiger partial charge >= 0.3 is 0 Å². The van der Waals surface area contributed by atoms with E-state index < -0.39 is 0 Å². The second-order valence-corrected chi connectivity index (χ2v) is 6.95. The van der Waals surface area contributed by atoms with Gasteiger partial charge in [0.2, 0.25) is 0 Å². The standard InChI is InChI=1S/C16H21FN2S2.ClH/c1-4-16(5-2,10-18)14-13(19(3)15(20)21-14)11-6-8-12(17)9-7-11;/h6-9H,4-5,10,18H2,1-3H3;1H. The number of halogens is 2. The average molecular weight is 361 g/mol. The maximum Gasteiger partial charge on any atom is 0.161 e. The first kappa shape index (κ1) is 19.3. The fourth-order valence-electron chi connectivity index (χ4n) is 2.69. The predicted octanol–water partition coefficient (Wildman–Crippen LogP) is 5.06. The smallest absolute Gasteiger partial charge is 0.161 e. The van der Waals surface area contributed by atoms with Crippen LogP contribution in [0, 0.1) is 9.77 Å². The Bertz CT molecular complexity index is 664. The minimum atomic E-state index is -0.229. The third-order valence-electron chi connectivity index (χ3n) is 4.36. The van der Waals surface area contributed by atoms with Crippen molar-refractivity contribution in [2.75, 3.05) is 6.54 Å². The van der Waals surface area contributed by atoms with E-state index in [1.165, 1.54) is 17.0 Å². The van der Waals surface area contributed by atoms with Crippen molar-refractivity contribution in [3.63, 3.8) is 0 Å². The second kappa shape index (κ2) is 7.68. The summed E-state index contributed by atoms with van der Waals surface area (Å²) in [6, 6.07) is 6.59. The van der Waals surface area contributed by atoms with Crippen molar-refractivity contribution in [2.24, 2.45) is 12.8 Å². The summed E-state index contributed by atoms with van der Waals surface area (Å²) in [5.41, 5.74) is 8.08. The van der Waals surface area contributed by atoms with Gasteiger partial charge in [0.05, 0.1) is 5.69 Å². The van der Waals surface area contributed by atoms with Gasteiger partial charge in [-0.25, -0.2) is 4.39 Å². The van der Waals surface area contributed by atoms with Gasteiger partial charge in [-0.05, 0) is 54.9 Å². The zero-order valence-electron chi connectivity index (χ0n) is 13.1. The van der Waals surface area contributed by atoms with Gasteiger partial charge in [0.15, 0.2) is 3.95 Å². The quantitative estimate of drug-likeness (QED) is 0.755. The van der Waals surface area contributed by atoms with Crippen LogP contribution in [-0.4, -0.2) is 11.1 Å². The molecule has 22 heavy (non-hydrogen) atoms. The molecule has 2 aromatic rings. The van der Waals surface area contributed by atoms with Crippen LogP contribution in [0.1, 0.15) is 31.6 Å². The molecule has 0 fully saturated rings. The lowest BCUT2D eigenvalue weighted by Crippen LogP contribution is -2.33. The third kappa shape index (κ3) is 3.27. The molecule has 0 aliphatic carbocycles. The molecule has 0 amide bonds. The van der Waals surface area contributed by atoms with Crippen molar-refractivity contribution in [1.82, 2.24) is 4.57 Å². The number of rotatable bonds is 5. The number of thiazole rings is 1. The Morgan fingerprint density at radius 3 is 2.23 bits per heavy atom. The summed E-state index contributed by atoms with van der Waals surface area (Å²) in [6.07, 6.45) is 1.92. The molecule has 0 radical (unpaired) electrons. The Balaban J connectivity index is 0.00000242. The molecule has 0 aliphatic heterocycles. The molecule has 1 aromatic heterocycles. The van der Waals surface area contributed by atoms with Gasteiger partial charge in [-0.2, -0.15) is 0 Å². The van der Waals surface area contributed by atoms with E-state index in [9.17, 15) is 4.39 Å². The Hall–Kier alpha value is -0.750. The van der Waals surface area contributed by atoms with Crippen LogP contribution in [0.25, 0.3) is 11.3 Å². The largest absolute Gasteiger partial charge is 0.330 e. The summed E-state index contributed by atoms with van der Waals surface area (Å²) in [5, 5.41) is 0. The van der Waals surface area contributed by atoms with Crippen molar-refractivity contribution in [2.45, 2.75) is 32.1 Å². The first-order chi connectivity index (χ1) is 9.99. The zero-order chi connectivity index (χ0) is 15.6. The lowest BCUT2D eigenvalue weighted by Gasteiger charge is -2.30. The highest BCUT2D eigenvalue weighted by molar-refractivity contribution is 7.73. The summed E-state index contributed by atoms with van der Waals surface area (Å²) in [5.74, 6) is -0.229. The van der Waals surface area contributed by atoms with Crippen LogP contribution in [0.5, 0.6) is 0 Å². The van der Waals surface area contributed by atoms with Gasteiger partial charge in [-0.1, -0.05) is 13.8 Å². The van der Waals surface area contributed by atoms with E-state index in [1.807, 2.05) is 23.7 Å². The van der Waals surface area contributed by atoms with Crippen molar-refractivity contribution in [3.05, 3.63) is 38.9 Å². The van der Waals surface area contributed by atoms with Gasteiger partial charge in [0.1, 0.15) is 5.82 Å². The molecule has 2 N–H and O–H groups in total. The summed E-state index contributed by atoms with van der Waals surface area (Å²) < 4.78 is 16.0. The number of nitrogens with zero attached hydrogens (tertiary/aromatic N) is 1. The van der Waals surface area contributed by atoms with E-state index in [4.69, 9.17) is 18.0 Å². The number of aromatic nitrogens is 1. The number of hydrogen-bond donors (Lipinski definition) is 1. The molecule has 0 spiro atoms. The highest BCUT2D eigenvalue weighted by Crippen LogP contribution is 2.41. The molecule has 1 aromatic carbocycles. The van der Waals surface area contributed by atoms with Crippen LogP contribution in [0.3, 0.4) is 0 Å². The van der Waals surface area contributed by atoms with E-state index in [0.29, 0.717) is 6.54 Å². The minimum Gasteiger partial charge on any atom is -0.330 e. The number of nitrogens with two attached hydrogens (primary N) is 1. The molecule has 0 aliphatic rings. The number of benzene rings is 1. The zero-order valence-corrected chi connectivity index (χ0v) is 15.5. The molecule has 2 nitrogen and oxygen atoms in total. The van der Waals surface area contributed by atoms with Crippen LogP contribution in [0.2, 0.25) is 0 Å². The summed E-state index contributed by atoms with van der Waals surface area (Å²) in [7, 11) is 1.97. The monoisotopic (exact) mass is 360 g/mol. The Kier molecular flexibility index (Phi) is 6.74. The first-order valence-electron chi connectivity index (χ1n) is 7.15. The molecule has 2 rings (SSSR count). The topological polar surface area (TPSA) is 30.9 Å². The summed E-state index contributed by atoms with van der Waals surface area (Å²) >= 11 is 7.09. The Labute approximate surface area is 146 Å². The normalized spacial score (nSPS) is 11.3. The van der Waals surface area contributed by atoms with Crippen LogP contribution < -0.4 is 5.73 Å². The van der Waals surface area contributed by atoms with E-state index in [0.717, 1.165) is 28.1 Å². The van der Waals surface area contributed by atoms with Crippen LogP contribution >= 0.6 is 36.0 Å².